The number of ketones is 1. The quantitative estimate of drug-likeness (QED) is 0.553. The fourth-order valence-electron chi connectivity index (χ4n) is 4.78. The second-order valence-corrected chi connectivity index (χ2v) is 10.5. The van der Waals surface area contributed by atoms with Crippen molar-refractivity contribution in [2.45, 2.75) is 36.2 Å². The monoisotopic (exact) mass is 394 g/mol. The van der Waals surface area contributed by atoms with E-state index in [0.29, 0.717) is 21.5 Å². The Kier molecular flexibility index (Phi) is 5.33. The van der Waals surface area contributed by atoms with Crippen molar-refractivity contribution in [3.8, 4) is 0 Å². The molecule has 1 spiro atoms. The van der Waals surface area contributed by atoms with E-state index >= 15 is 0 Å². The van der Waals surface area contributed by atoms with Crippen molar-refractivity contribution in [1.29, 1.82) is 0 Å². The molecule has 0 radical (unpaired) electrons. The van der Waals surface area contributed by atoms with Gasteiger partial charge in [0.15, 0.2) is 12.4 Å². The summed E-state index contributed by atoms with van der Waals surface area (Å²) in [4.78, 5) is 24.7. The zero-order chi connectivity index (χ0) is 18.1. The van der Waals surface area contributed by atoms with Crippen LogP contribution < -0.4 is 0 Å². The van der Waals surface area contributed by atoms with Crippen LogP contribution in [0.1, 0.15) is 42.5 Å². The maximum Gasteiger partial charge on any atom is 0.309 e. The largest absolute Gasteiger partial charge is 0.457 e. The number of benzene rings is 1. The number of carbonyl (C=O) groups excluding carboxylic acids is 2. The maximum absolute atomic E-state index is 12.9. The normalized spacial score (nSPS) is 29.5. The minimum absolute atomic E-state index is 0.0845. The fraction of sp³-hybridized carbons (Fsp3) is 0.600. The van der Waals surface area contributed by atoms with Crippen LogP contribution in [0.15, 0.2) is 24.3 Å². The Hall–Kier alpha value is -1.01. The zero-order valence-corrected chi connectivity index (χ0v) is 16.3. The van der Waals surface area contributed by atoms with Crippen molar-refractivity contribution in [3.05, 3.63) is 35.6 Å². The molecular formula is C20H23FO3S2. The first-order chi connectivity index (χ1) is 12.6. The number of ether oxygens (including phenoxy) is 1. The first-order valence-corrected chi connectivity index (χ1v) is 11.3. The number of hydrogen-bond donors (Lipinski definition) is 0. The van der Waals surface area contributed by atoms with Crippen molar-refractivity contribution >= 4 is 35.3 Å². The van der Waals surface area contributed by atoms with Gasteiger partial charge in [0.05, 0.1) is 10.00 Å². The predicted octanol–water partition coefficient (Wildman–Crippen LogP) is 4.55. The van der Waals surface area contributed by atoms with Crippen LogP contribution in [0.5, 0.6) is 0 Å². The third-order valence-corrected chi connectivity index (χ3v) is 9.98. The van der Waals surface area contributed by atoms with Crippen LogP contribution in [0, 0.1) is 23.6 Å². The molecule has 4 rings (SSSR count). The SMILES string of the molecule is O=C(COC(=O)C1C[C@H]2CCC[C@@H](C1)C21SCCS1)c1ccc(F)cc1. The highest BCUT2D eigenvalue weighted by Gasteiger charge is 2.55. The van der Waals surface area contributed by atoms with Gasteiger partial charge in [0.2, 0.25) is 0 Å². The molecule has 2 saturated carbocycles. The Morgan fingerprint density at radius 2 is 1.69 bits per heavy atom. The fourth-order valence-corrected chi connectivity index (χ4v) is 8.71. The Balaban J connectivity index is 1.36. The second kappa shape index (κ2) is 7.55. The average Bonchev–Trinajstić information content (AvgIpc) is 3.09. The molecule has 0 N–H and O–H groups in total. The van der Waals surface area contributed by atoms with E-state index in [1.54, 1.807) is 0 Å². The van der Waals surface area contributed by atoms with E-state index in [0.717, 1.165) is 12.8 Å². The van der Waals surface area contributed by atoms with E-state index in [9.17, 15) is 14.0 Å². The molecule has 0 amide bonds. The number of rotatable bonds is 4. The standard InChI is InChI=1S/C20H23FO3S2/c21-17-6-4-13(5-7-17)18(22)12-24-19(23)14-10-15-2-1-3-16(11-14)20(15)25-8-9-26-20/h4-7,14-16H,1-3,8-12H2/t14?,15-,16+. The van der Waals surface area contributed by atoms with Crippen LogP contribution in [0.4, 0.5) is 4.39 Å². The summed E-state index contributed by atoms with van der Waals surface area (Å²) in [6.45, 7) is -0.259. The van der Waals surface area contributed by atoms with Gasteiger partial charge in [-0.1, -0.05) is 6.42 Å². The van der Waals surface area contributed by atoms with Gasteiger partial charge in [-0.3, -0.25) is 9.59 Å². The molecule has 2 bridgehead atoms. The minimum atomic E-state index is -0.385. The highest BCUT2D eigenvalue weighted by atomic mass is 32.2. The molecule has 0 aromatic heterocycles. The van der Waals surface area contributed by atoms with E-state index in [2.05, 4.69) is 23.5 Å². The molecule has 26 heavy (non-hydrogen) atoms. The van der Waals surface area contributed by atoms with Gasteiger partial charge < -0.3 is 4.74 Å². The first-order valence-electron chi connectivity index (χ1n) is 9.32. The summed E-state index contributed by atoms with van der Waals surface area (Å²) in [6.07, 6.45) is 5.45. The minimum Gasteiger partial charge on any atom is -0.457 e. The molecule has 140 valence electrons. The molecule has 1 aromatic rings. The van der Waals surface area contributed by atoms with Gasteiger partial charge in [0.25, 0.3) is 0 Å². The van der Waals surface area contributed by atoms with Gasteiger partial charge >= 0.3 is 5.97 Å². The number of esters is 1. The number of carbonyl (C=O) groups is 2. The van der Waals surface area contributed by atoms with Crippen molar-refractivity contribution in [2.24, 2.45) is 17.8 Å². The Labute approximate surface area is 161 Å². The van der Waals surface area contributed by atoms with E-state index < -0.39 is 0 Å². The number of thioether (sulfide) groups is 2. The summed E-state index contributed by atoms with van der Waals surface area (Å²) in [5.41, 5.74) is 0.373. The molecule has 1 saturated heterocycles. The third kappa shape index (κ3) is 3.42. The molecule has 2 aliphatic carbocycles. The Morgan fingerprint density at radius 3 is 2.31 bits per heavy atom. The van der Waals surface area contributed by atoms with Gasteiger partial charge in [-0.05, 0) is 61.8 Å². The van der Waals surface area contributed by atoms with E-state index in [-0.39, 0.29) is 30.1 Å². The lowest BCUT2D eigenvalue weighted by Gasteiger charge is -2.51. The van der Waals surface area contributed by atoms with E-state index in [1.807, 2.05) is 0 Å². The molecule has 3 fully saturated rings. The van der Waals surface area contributed by atoms with Gasteiger partial charge in [0.1, 0.15) is 5.82 Å². The van der Waals surface area contributed by atoms with Gasteiger partial charge in [-0.2, -0.15) is 0 Å². The Bertz CT molecular complexity index is 669. The van der Waals surface area contributed by atoms with Crippen molar-refractivity contribution < 1.29 is 18.7 Å². The lowest BCUT2D eigenvalue weighted by Crippen LogP contribution is -2.48. The van der Waals surface area contributed by atoms with Crippen LogP contribution in [0.25, 0.3) is 0 Å². The number of Topliss-reactive ketones (excluding diaryl/α,β-unsaturated/α-hetero) is 1. The summed E-state index contributed by atoms with van der Waals surface area (Å²) in [5.74, 6) is 2.61. The first kappa shape index (κ1) is 18.4. The van der Waals surface area contributed by atoms with Crippen LogP contribution in [0.3, 0.4) is 0 Å². The molecule has 6 heteroatoms. The highest BCUT2D eigenvalue weighted by Crippen LogP contribution is 2.64. The molecule has 3 atom stereocenters. The maximum atomic E-state index is 12.9. The number of hydrogen-bond acceptors (Lipinski definition) is 5. The molecular weight excluding hydrogens is 371 g/mol. The average molecular weight is 395 g/mol. The van der Waals surface area contributed by atoms with Gasteiger partial charge in [0, 0.05) is 17.1 Å². The van der Waals surface area contributed by atoms with Gasteiger partial charge in [-0.15, -0.1) is 23.5 Å². The topological polar surface area (TPSA) is 43.4 Å². The molecule has 1 unspecified atom stereocenters. The third-order valence-electron chi connectivity index (χ3n) is 5.97. The zero-order valence-electron chi connectivity index (χ0n) is 14.6. The predicted molar refractivity (Wildman–Crippen MR) is 103 cm³/mol. The van der Waals surface area contributed by atoms with Crippen molar-refractivity contribution in [2.75, 3.05) is 18.1 Å². The van der Waals surface area contributed by atoms with Crippen LogP contribution in [-0.2, 0) is 9.53 Å². The van der Waals surface area contributed by atoms with Crippen molar-refractivity contribution in [3.63, 3.8) is 0 Å². The molecule has 3 nitrogen and oxygen atoms in total. The summed E-state index contributed by atoms with van der Waals surface area (Å²) >= 11 is 4.23. The van der Waals surface area contributed by atoms with E-state index in [1.165, 1.54) is 55.0 Å². The molecule has 3 aliphatic rings. The van der Waals surface area contributed by atoms with E-state index in [4.69, 9.17) is 4.74 Å². The summed E-state index contributed by atoms with van der Waals surface area (Å²) in [5, 5.41) is 0. The van der Waals surface area contributed by atoms with Crippen LogP contribution in [-0.4, -0.2) is 33.9 Å². The Morgan fingerprint density at radius 1 is 1.08 bits per heavy atom. The molecule has 1 aromatic carbocycles. The smallest absolute Gasteiger partial charge is 0.309 e. The summed E-state index contributed by atoms with van der Waals surface area (Å²) < 4.78 is 18.6. The molecule has 1 heterocycles. The summed E-state index contributed by atoms with van der Waals surface area (Å²) in [7, 11) is 0. The highest BCUT2D eigenvalue weighted by molar-refractivity contribution is 8.21. The summed E-state index contributed by atoms with van der Waals surface area (Å²) in [6, 6.07) is 5.34. The second-order valence-electron chi connectivity index (χ2n) is 7.45. The van der Waals surface area contributed by atoms with Gasteiger partial charge in [-0.25, -0.2) is 4.39 Å². The van der Waals surface area contributed by atoms with Crippen molar-refractivity contribution in [1.82, 2.24) is 0 Å². The number of halogens is 1. The van der Waals surface area contributed by atoms with Crippen LogP contribution >= 0.6 is 23.5 Å². The molecule has 1 aliphatic heterocycles. The lowest BCUT2D eigenvalue weighted by molar-refractivity contribution is -0.150. The van der Waals surface area contributed by atoms with Crippen LogP contribution in [0.2, 0.25) is 0 Å². The lowest BCUT2D eigenvalue weighted by atomic mass is 9.67.